The first-order valence-electron chi connectivity index (χ1n) is 9.05. The molecule has 0 radical (unpaired) electrons. The maximum absolute atomic E-state index is 12.1. The van der Waals surface area contributed by atoms with Gasteiger partial charge in [0.15, 0.2) is 0 Å². The molecule has 1 amide bonds. The zero-order valence-corrected chi connectivity index (χ0v) is 18.2. The summed E-state index contributed by atoms with van der Waals surface area (Å²) < 4.78 is 17.5. The zero-order chi connectivity index (χ0) is 21.3. The van der Waals surface area contributed by atoms with Crippen molar-refractivity contribution in [1.82, 2.24) is 5.32 Å². The zero-order valence-electron chi connectivity index (χ0n) is 17.4. The summed E-state index contributed by atoms with van der Waals surface area (Å²) in [4.78, 5) is 23.4. The van der Waals surface area contributed by atoms with E-state index in [4.69, 9.17) is 19.2 Å². The van der Waals surface area contributed by atoms with Crippen LogP contribution in [0.2, 0.25) is 0 Å². The normalized spacial score (nSPS) is 18.8. The van der Waals surface area contributed by atoms with Crippen molar-refractivity contribution in [3.05, 3.63) is 27.4 Å². The summed E-state index contributed by atoms with van der Waals surface area (Å²) in [6, 6.07) is 1.58. The Balaban J connectivity index is 2.24. The van der Waals surface area contributed by atoms with Crippen molar-refractivity contribution >= 4 is 36.6 Å². The number of hydrogen-bond acceptors (Lipinski definition) is 6. The Kier molecular flexibility index (Phi) is 6.32. The first-order chi connectivity index (χ1) is 12.7. The standard InChI is InChI=1S/C19H28BNO6S/c1-17(2,3)25-16(24)21-10-13(8-12-9-14(15(22)23)28-11-12)20-26-18(4,5)19(6,7)27-20/h8-9,11H,10H2,1-7H3,(H,21,24)(H,22,23). The van der Waals surface area contributed by atoms with Gasteiger partial charge in [0.25, 0.3) is 0 Å². The number of carboxylic acids is 1. The molecule has 9 heteroatoms. The van der Waals surface area contributed by atoms with E-state index >= 15 is 0 Å². The predicted molar refractivity (Wildman–Crippen MR) is 110 cm³/mol. The number of thiophene rings is 1. The number of rotatable bonds is 5. The summed E-state index contributed by atoms with van der Waals surface area (Å²) in [6.45, 7) is 13.3. The van der Waals surface area contributed by atoms with E-state index in [0.29, 0.717) is 11.0 Å². The molecule has 2 rings (SSSR count). The van der Waals surface area contributed by atoms with Gasteiger partial charge >= 0.3 is 19.2 Å². The fraction of sp³-hybridized carbons (Fsp3) is 0.579. The summed E-state index contributed by atoms with van der Waals surface area (Å²) in [5, 5.41) is 13.6. The number of alkyl carbamates (subject to hydrolysis) is 1. The van der Waals surface area contributed by atoms with E-state index in [0.717, 1.165) is 11.3 Å². The molecule has 1 fully saturated rings. The van der Waals surface area contributed by atoms with Crippen molar-refractivity contribution in [2.24, 2.45) is 0 Å². The fourth-order valence-electron chi connectivity index (χ4n) is 2.44. The number of carbonyl (C=O) groups is 2. The van der Waals surface area contributed by atoms with Crippen LogP contribution in [0.25, 0.3) is 6.08 Å². The van der Waals surface area contributed by atoms with Gasteiger partial charge in [-0.3, -0.25) is 0 Å². The molecule has 1 aliphatic heterocycles. The molecular formula is C19H28BNO6S. The van der Waals surface area contributed by atoms with Gasteiger partial charge in [-0.15, -0.1) is 11.3 Å². The number of amides is 1. The van der Waals surface area contributed by atoms with Crippen LogP contribution in [-0.4, -0.2) is 47.6 Å². The van der Waals surface area contributed by atoms with Crippen LogP contribution >= 0.6 is 11.3 Å². The van der Waals surface area contributed by atoms with Gasteiger partial charge < -0.3 is 24.5 Å². The largest absolute Gasteiger partial charge is 0.492 e. The molecule has 1 aromatic rings. The average Bonchev–Trinajstić information content (AvgIpc) is 3.04. The number of carboxylic acid groups (broad SMARTS) is 1. The minimum atomic E-state index is -0.978. The smallest absolute Gasteiger partial charge is 0.477 e. The van der Waals surface area contributed by atoms with Crippen LogP contribution in [0.15, 0.2) is 16.9 Å². The molecule has 7 nitrogen and oxygen atoms in total. The monoisotopic (exact) mass is 409 g/mol. The molecule has 0 aliphatic carbocycles. The van der Waals surface area contributed by atoms with E-state index in [1.807, 2.05) is 27.7 Å². The number of carbonyl (C=O) groups excluding carboxylic acids is 1. The number of nitrogens with one attached hydrogen (secondary N) is 1. The minimum Gasteiger partial charge on any atom is -0.477 e. The Morgan fingerprint density at radius 3 is 2.29 bits per heavy atom. The van der Waals surface area contributed by atoms with Gasteiger partial charge in [-0.1, -0.05) is 6.08 Å². The van der Waals surface area contributed by atoms with Crippen molar-refractivity contribution in [2.75, 3.05) is 6.54 Å². The highest BCUT2D eigenvalue weighted by Gasteiger charge is 2.52. The van der Waals surface area contributed by atoms with Gasteiger partial charge in [0, 0.05) is 6.54 Å². The van der Waals surface area contributed by atoms with Gasteiger partial charge in [-0.25, -0.2) is 9.59 Å². The first kappa shape index (κ1) is 22.5. The Bertz CT molecular complexity index is 762. The minimum absolute atomic E-state index is 0.143. The van der Waals surface area contributed by atoms with E-state index < -0.39 is 36.0 Å². The van der Waals surface area contributed by atoms with E-state index in [2.05, 4.69) is 5.32 Å². The highest BCUT2D eigenvalue weighted by atomic mass is 32.1. The molecular weight excluding hydrogens is 381 g/mol. The predicted octanol–water partition coefficient (Wildman–Crippen LogP) is 3.99. The summed E-state index contributed by atoms with van der Waals surface area (Å²) in [7, 11) is -0.673. The third-order valence-corrected chi connectivity index (χ3v) is 5.51. The van der Waals surface area contributed by atoms with E-state index in [1.54, 1.807) is 38.3 Å². The topological polar surface area (TPSA) is 94.1 Å². The van der Waals surface area contributed by atoms with E-state index in [-0.39, 0.29) is 11.4 Å². The molecule has 2 N–H and O–H groups in total. The Morgan fingerprint density at radius 1 is 1.25 bits per heavy atom. The van der Waals surface area contributed by atoms with Gasteiger partial charge in [-0.2, -0.15) is 0 Å². The number of aromatic carboxylic acids is 1. The fourth-order valence-corrected chi connectivity index (χ4v) is 3.14. The van der Waals surface area contributed by atoms with Crippen LogP contribution in [0, 0.1) is 0 Å². The van der Waals surface area contributed by atoms with E-state index in [1.165, 1.54) is 0 Å². The molecule has 0 bridgehead atoms. The lowest BCUT2D eigenvalue weighted by Gasteiger charge is -2.32. The first-order valence-corrected chi connectivity index (χ1v) is 9.93. The van der Waals surface area contributed by atoms with Crippen molar-refractivity contribution in [3.63, 3.8) is 0 Å². The molecule has 0 spiro atoms. The van der Waals surface area contributed by atoms with Crippen LogP contribution in [-0.2, 0) is 14.0 Å². The van der Waals surface area contributed by atoms with Crippen molar-refractivity contribution in [1.29, 1.82) is 0 Å². The summed E-state index contributed by atoms with van der Waals surface area (Å²) in [6.07, 6.45) is 1.23. The van der Waals surface area contributed by atoms with Gasteiger partial charge in [0.1, 0.15) is 10.5 Å². The highest BCUT2D eigenvalue weighted by Crippen LogP contribution is 2.38. The van der Waals surface area contributed by atoms with Crippen molar-refractivity contribution < 1.29 is 28.7 Å². The molecule has 0 unspecified atom stereocenters. The summed E-state index contributed by atoms with van der Waals surface area (Å²) >= 11 is 1.14. The maximum Gasteiger partial charge on any atom is 0.492 e. The lowest BCUT2D eigenvalue weighted by molar-refractivity contribution is 0.00578. The quantitative estimate of drug-likeness (QED) is 0.715. The summed E-state index contributed by atoms with van der Waals surface area (Å²) in [5.41, 5.74) is -0.313. The van der Waals surface area contributed by atoms with Crippen molar-refractivity contribution in [3.8, 4) is 0 Å². The number of hydrogen-bond donors (Lipinski definition) is 2. The van der Waals surface area contributed by atoms with Crippen LogP contribution in [0.3, 0.4) is 0 Å². The second kappa shape index (κ2) is 7.89. The summed E-state index contributed by atoms with van der Waals surface area (Å²) in [5.74, 6) is -0.978. The van der Waals surface area contributed by atoms with E-state index in [9.17, 15) is 9.59 Å². The molecule has 2 heterocycles. The third kappa shape index (κ3) is 5.59. The van der Waals surface area contributed by atoms with Gasteiger partial charge in [0.05, 0.1) is 11.2 Å². The molecule has 154 valence electrons. The molecule has 0 atom stereocenters. The van der Waals surface area contributed by atoms with Gasteiger partial charge in [-0.05, 0) is 70.9 Å². The number of ether oxygens (including phenoxy) is 1. The lowest BCUT2D eigenvalue weighted by Crippen LogP contribution is -2.41. The van der Waals surface area contributed by atoms with Crippen LogP contribution in [0.4, 0.5) is 4.79 Å². The van der Waals surface area contributed by atoms with Crippen LogP contribution in [0.1, 0.15) is 63.7 Å². The van der Waals surface area contributed by atoms with Crippen LogP contribution in [0.5, 0.6) is 0 Å². The second-order valence-corrected chi connectivity index (χ2v) is 9.62. The Labute approximate surface area is 170 Å². The van der Waals surface area contributed by atoms with Crippen LogP contribution < -0.4 is 5.32 Å². The van der Waals surface area contributed by atoms with Gasteiger partial charge in [0.2, 0.25) is 0 Å². The maximum atomic E-state index is 12.1. The third-order valence-electron chi connectivity index (χ3n) is 4.57. The second-order valence-electron chi connectivity index (χ2n) is 8.71. The lowest BCUT2D eigenvalue weighted by atomic mass is 9.77. The molecule has 28 heavy (non-hydrogen) atoms. The molecule has 0 saturated carbocycles. The molecule has 1 aliphatic rings. The molecule has 1 saturated heterocycles. The average molecular weight is 409 g/mol. The molecule has 0 aromatic carbocycles. The van der Waals surface area contributed by atoms with Crippen molar-refractivity contribution in [2.45, 2.75) is 65.3 Å². The highest BCUT2D eigenvalue weighted by molar-refractivity contribution is 7.12. The Hall–Kier alpha value is -1.84. The molecule has 1 aromatic heterocycles. The SMILES string of the molecule is CC(C)(C)OC(=O)NCC(=Cc1csc(C(=O)O)c1)B1OC(C)(C)C(C)(C)O1. The Morgan fingerprint density at radius 2 is 1.82 bits per heavy atom.